The van der Waals surface area contributed by atoms with E-state index in [1.54, 1.807) is 12.4 Å². The molecule has 0 saturated carbocycles. The lowest BCUT2D eigenvalue weighted by molar-refractivity contribution is -0.123. The largest absolute Gasteiger partial charge is 0.348 e. The van der Waals surface area contributed by atoms with Crippen LogP contribution in [0.5, 0.6) is 0 Å². The van der Waals surface area contributed by atoms with Crippen molar-refractivity contribution < 1.29 is 4.79 Å². The van der Waals surface area contributed by atoms with Crippen LogP contribution in [0.4, 0.5) is 0 Å². The fraction of sp³-hybridized carbons (Fsp3) is 0.500. The molecule has 4 heteroatoms. The predicted octanol–water partition coefficient (Wildman–Crippen LogP) is 1.24. The number of nitrogens with two attached hydrogens (primary N) is 1. The zero-order valence-electron chi connectivity index (χ0n) is 9.97. The molecule has 0 saturated heterocycles. The minimum atomic E-state index is -0.454. The average molecular weight is 221 g/mol. The van der Waals surface area contributed by atoms with Gasteiger partial charge in [-0.05, 0) is 30.5 Å². The van der Waals surface area contributed by atoms with Crippen LogP contribution in [0, 0.1) is 5.92 Å². The van der Waals surface area contributed by atoms with Gasteiger partial charge in [-0.15, -0.1) is 0 Å². The highest BCUT2D eigenvalue weighted by molar-refractivity contribution is 5.82. The number of nitrogens with zero attached hydrogens (tertiary/aromatic N) is 1. The number of pyridine rings is 1. The summed E-state index contributed by atoms with van der Waals surface area (Å²) < 4.78 is 0. The highest BCUT2D eigenvalue weighted by Gasteiger charge is 2.19. The first kappa shape index (κ1) is 12.6. The smallest absolute Gasteiger partial charge is 0.237 e. The first-order chi connectivity index (χ1) is 7.52. The topological polar surface area (TPSA) is 68.0 Å². The molecule has 0 spiro atoms. The SMILES string of the molecule is CC(NC(=O)C(N)C(C)C)c1ccncc1. The molecule has 0 bridgehead atoms. The van der Waals surface area contributed by atoms with Gasteiger partial charge in [0.1, 0.15) is 0 Å². The predicted molar refractivity (Wildman–Crippen MR) is 63.6 cm³/mol. The monoisotopic (exact) mass is 221 g/mol. The minimum Gasteiger partial charge on any atom is -0.348 e. The summed E-state index contributed by atoms with van der Waals surface area (Å²) in [5.41, 5.74) is 6.79. The van der Waals surface area contributed by atoms with Gasteiger partial charge in [0.2, 0.25) is 5.91 Å². The molecule has 1 aromatic rings. The van der Waals surface area contributed by atoms with Crippen LogP contribution >= 0.6 is 0 Å². The molecule has 88 valence electrons. The van der Waals surface area contributed by atoms with Crippen molar-refractivity contribution in [3.8, 4) is 0 Å². The lowest BCUT2D eigenvalue weighted by Crippen LogP contribution is -2.44. The first-order valence-corrected chi connectivity index (χ1v) is 5.48. The van der Waals surface area contributed by atoms with Crippen molar-refractivity contribution >= 4 is 5.91 Å². The molecule has 1 aromatic heterocycles. The Hall–Kier alpha value is -1.42. The second-order valence-electron chi connectivity index (χ2n) is 4.28. The molecule has 0 aliphatic heterocycles. The molecule has 0 fully saturated rings. The van der Waals surface area contributed by atoms with Gasteiger partial charge in [-0.1, -0.05) is 13.8 Å². The van der Waals surface area contributed by atoms with Crippen LogP contribution in [0.1, 0.15) is 32.4 Å². The highest BCUT2D eigenvalue weighted by atomic mass is 16.2. The first-order valence-electron chi connectivity index (χ1n) is 5.48. The summed E-state index contributed by atoms with van der Waals surface area (Å²) in [5.74, 6) is 0.0314. The lowest BCUT2D eigenvalue weighted by atomic mass is 10.0. The van der Waals surface area contributed by atoms with E-state index >= 15 is 0 Å². The van der Waals surface area contributed by atoms with Gasteiger partial charge in [-0.25, -0.2) is 0 Å². The average Bonchev–Trinajstić information content (AvgIpc) is 2.28. The summed E-state index contributed by atoms with van der Waals surface area (Å²) in [5, 5.41) is 2.89. The number of amides is 1. The zero-order valence-corrected chi connectivity index (χ0v) is 9.97. The van der Waals surface area contributed by atoms with Gasteiger partial charge in [0.05, 0.1) is 12.1 Å². The summed E-state index contributed by atoms with van der Waals surface area (Å²) in [6.07, 6.45) is 3.42. The molecule has 1 rings (SSSR count). The Morgan fingerprint density at radius 2 is 1.88 bits per heavy atom. The van der Waals surface area contributed by atoms with E-state index in [1.165, 1.54) is 0 Å². The van der Waals surface area contributed by atoms with E-state index < -0.39 is 6.04 Å². The number of aromatic nitrogens is 1. The van der Waals surface area contributed by atoms with Crippen molar-refractivity contribution in [1.29, 1.82) is 0 Å². The summed E-state index contributed by atoms with van der Waals surface area (Å²) in [7, 11) is 0. The minimum absolute atomic E-state index is 0.0414. The van der Waals surface area contributed by atoms with Crippen LogP contribution in [0.2, 0.25) is 0 Å². The maximum absolute atomic E-state index is 11.7. The van der Waals surface area contributed by atoms with Crippen molar-refractivity contribution in [2.75, 3.05) is 0 Å². The third kappa shape index (κ3) is 3.31. The van der Waals surface area contributed by atoms with E-state index in [0.717, 1.165) is 5.56 Å². The van der Waals surface area contributed by atoms with E-state index in [1.807, 2.05) is 32.9 Å². The lowest BCUT2D eigenvalue weighted by Gasteiger charge is -2.19. The number of carbonyl (C=O) groups is 1. The van der Waals surface area contributed by atoms with Crippen molar-refractivity contribution in [3.05, 3.63) is 30.1 Å². The molecule has 3 N–H and O–H groups in total. The zero-order chi connectivity index (χ0) is 12.1. The van der Waals surface area contributed by atoms with E-state index in [-0.39, 0.29) is 17.9 Å². The van der Waals surface area contributed by atoms with Crippen molar-refractivity contribution in [2.24, 2.45) is 11.7 Å². The van der Waals surface area contributed by atoms with Gasteiger partial charge in [-0.2, -0.15) is 0 Å². The summed E-state index contributed by atoms with van der Waals surface area (Å²) in [4.78, 5) is 15.6. The standard InChI is InChI=1S/C12H19N3O/c1-8(2)11(13)12(16)15-9(3)10-4-6-14-7-5-10/h4-9,11H,13H2,1-3H3,(H,15,16). The fourth-order valence-corrected chi connectivity index (χ4v) is 1.35. The summed E-state index contributed by atoms with van der Waals surface area (Å²) in [6.45, 7) is 5.79. The molecule has 16 heavy (non-hydrogen) atoms. The van der Waals surface area contributed by atoms with Gasteiger partial charge in [0, 0.05) is 12.4 Å². The number of carbonyl (C=O) groups excluding carboxylic acids is 1. The Labute approximate surface area is 96.3 Å². The molecule has 0 radical (unpaired) electrons. The number of rotatable bonds is 4. The van der Waals surface area contributed by atoms with Crippen molar-refractivity contribution in [2.45, 2.75) is 32.9 Å². The van der Waals surface area contributed by atoms with Crippen molar-refractivity contribution in [3.63, 3.8) is 0 Å². The second kappa shape index (κ2) is 5.61. The molecule has 4 nitrogen and oxygen atoms in total. The van der Waals surface area contributed by atoms with Crippen LogP contribution in [-0.4, -0.2) is 16.9 Å². The van der Waals surface area contributed by atoms with Crippen LogP contribution < -0.4 is 11.1 Å². The van der Waals surface area contributed by atoms with Gasteiger partial charge in [0.25, 0.3) is 0 Å². The Kier molecular flexibility index (Phi) is 4.43. The Morgan fingerprint density at radius 3 is 2.38 bits per heavy atom. The Morgan fingerprint density at radius 1 is 1.31 bits per heavy atom. The van der Waals surface area contributed by atoms with Gasteiger partial charge >= 0.3 is 0 Å². The molecule has 1 heterocycles. The van der Waals surface area contributed by atoms with Gasteiger partial charge < -0.3 is 11.1 Å². The molecule has 2 atom stereocenters. The van der Waals surface area contributed by atoms with E-state index in [4.69, 9.17) is 5.73 Å². The molecule has 1 amide bonds. The van der Waals surface area contributed by atoms with Crippen LogP contribution in [0.25, 0.3) is 0 Å². The van der Waals surface area contributed by atoms with E-state index in [2.05, 4.69) is 10.3 Å². The summed E-state index contributed by atoms with van der Waals surface area (Å²) in [6, 6.07) is 3.27. The van der Waals surface area contributed by atoms with Gasteiger partial charge in [0.15, 0.2) is 0 Å². The molecular weight excluding hydrogens is 202 g/mol. The molecule has 0 aliphatic carbocycles. The van der Waals surface area contributed by atoms with E-state index in [9.17, 15) is 4.79 Å². The maximum atomic E-state index is 11.7. The van der Waals surface area contributed by atoms with E-state index in [0.29, 0.717) is 0 Å². The molecule has 2 unspecified atom stereocenters. The van der Waals surface area contributed by atoms with Crippen LogP contribution in [-0.2, 0) is 4.79 Å². The number of nitrogens with one attached hydrogen (secondary N) is 1. The summed E-state index contributed by atoms with van der Waals surface area (Å²) >= 11 is 0. The maximum Gasteiger partial charge on any atom is 0.237 e. The fourth-order valence-electron chi connectivity index (χ4n) is 1.35. The third-order valence-corrected chi connectivity index (χ3v) is 2.59. The number of hydrogen-bond donors (Lipinski definition) is 2. The molecule has 0 aliphatic rings. The Bertz CT molecular complexity index is 337. The van der Waals surface area contributed by atoms with Gasteiger partial charge in [-0.3, -0.25) is 9.78 Å². The Balaban J connectivity index is 2.58. The van der Waals surface area contributed by atoms with Crippen LogP contribution in [0.3, 0.4) is 0 Å². The van der Waals surface area contributed by atoms with Crippen molar-refractivity contribution in [1.82, 2.24) is 10.3 Å². The molecule has 0 aromatic carbocycles. The normalized spacial score (nSPS) is 14.6. The quantitative estimate of drug-likeness (QED) is 0.803. The van der Waals surface area contributed by atoms with Crippen LogP contribution in [0.15, 0.2) is 24.5 Å². The number of hydrogen-bond acceptors (Lipinski definition) is 3. The third-order valence-electron chi connectivity index (χ3n) is 2.59. The molecular formula is C12H19N3O. The second-order valence-corrected chi connectivity index (χ2v) is 4.28. The highest BCUT2D eigenvalue weighted by Crippen LogP contribution is 2.10.